The van der Waals surface area contributed by atoms with Crippen molar-refractivity contribution in [1.29, 1.82) is 0 Å². The number of rotatable bonds is 6. The monoisotopic (exact) mass is 271 g/mol. The van der Waals surface area contributed by atoms with E-state index in [2.05, 4.69) is 4.72 Å². The molecule has 1 aliphatic carbocycles. The van der Waals surface area contributed by atoms with E-state index in [0.717, 1.165) is 0 Å². The van der Waals surface area contributed by atoms with Gasteiger partial charge in [0.05, 0.1) is 12.6 Å². The first-order valence-electron chi connectivity index (χ1n) is 6.08. The molecular weight excluding hydrogens is 253 g/mol. The van der Waals surface area contributed by atoms with E-state index in [1.165, 1.54) is 25.2 Å². The maximum atomic E-state index is 13.7. The minimum atomic E-state index is -1.17. The van der Waals surface area contributed by atoms with E-state index in [1.807, 2.05) is 0 Å². The first-order chi connectivity index (χ1) is 8.56. The van der Waals surface area contributed by atoms with Crippen LogP contribution in [-0.2, 0) is 11.4 Å². The zero-order valence-corrected chi connectivity index (χ0v) is 11.4. The van der Waals surface area contributed by atoms with Gasteiger partial charge in [-0.3, -0.25) is 0 Å². The van der Waals surface area contributed by atoms with Gasteiger partial charge < -0.3 is 9.29 Å². The molecule has 1 aliphatic rings. The van der Waals surface area contributed by atoms with Crippen LogP contribution in [-0.4, -0.2) is 17.4 Å². The van der Waals surface area contributed by atoms with Gasteiger partial charge in [0.15, 0.2) is 0 Å². The molecule has 0 radical (unpaired) electrons. The molecule has 0 spiro atoms. The van der Waals surface area contributed by atoms with Gasteiger partial charge in [0, 0.05) is 16.9 Å². The number of benzene rings is 1. The molecule has 0 aliphatic heterocycles. The predicted octanol–water partition coefficient (Wildman–Crippen LogP) is 2.56. The maximum Gasteiger partial charge on any atom is 0.128 e. The molecule has 1 N–H and O–H groups in total. The quantitative estimate of drug-likeness (QED) is 0.809. The number of nitrogens with one attached hydrogen (secondary N) is 1. The minimum absolute atomic E-state index is 0.305. The van der Waals surface area contributed by atoms with Crippen LogP contribution in [0, 0.1) is 11.7 Å². The fourth-order valence-corrected chi connectivity index (χ4v) is 2.38. The number of halogens is 1. The lowest BCUT2D eigenvalue weighted by Crippen LogP contribution is -2.26. The third-order valence-electron chi connectivity index (χ3n) is 2.96. The molecular formula is C13H18FNO2S. The fourth-order valence-electron chi connectivity index (χ4n) is 1.75. The van der Waals surface area contributed by atoms with E-state index >= 15 is 0 Å². The SMILES string of the molecule is C[C@H](N[S+](C)[O-])c1cc(OCC2CC2)ccc1F. The van der Waals surface area contributed by atoms with Gasteiger partial charge in [-0.05, 0) is 43.9 Å². The van der Waals surface area contributed by atoms with E-state index in [-0.39, 0.29) is 11.9 Å². The summed E-state index contributed by atoms with van der Waals surface area (Å²) in [6.07, 6.45) is 3.98. The average Bonchev–Trinajstić information content (AvgIpc) is 3.10. The largest absolute Gasteiger partial charge is 0.598 e. The van der Waals surface area contributed by atoms with Crippen molar-refractivity contribution in [2.75, 3.05) is 12.9 Å². The number of ether oxygens (including phenoxy) is 1. The molecule has 0 bridgehead atoms. The highest BCUT2D eigenvalue weighted by atomic mass is 32.2. The summed E-state index contributed by atoms with van der Waals surface area (Å²) in [6.45, 7) is 2.48. The van der Waals surface area contributed by atoms with Crippen LogP contribution in [0.3, 0.4) is 0 Å². The molecule has 2 atom stereocenters. The molecule has 0 aromatic heterocycles. The summed E-state index contributed by atoms with van der Waals surface area (Å²) in [5.74, 6) is 1.03. The van der Waals surface area contributed by atoms with Crippen LogP contribution < -0.4 is 9.46 Å². The summed E-state index contributed by atoms with van der Waals surface area (Å²) >= 11 is -1.17. The summed E-state index contributed by atoms with van der Waals surface area (Å²) in [4.78, 5) is 0. The van der Waals surface area contributed by atoms with Crippen molar-refractivity contribution in [3.63, 3.8) is 0 Å². The zero-order chi connectivity index (χ0) is 13.1. The van der Waals surface area contributed by atoms with Gasteiger partial charge in [0.2, 0.25) is 0 Å². The molecule has 1 saturated carbocycles. The Morgan fingerprint density at radius 3 is 2.89 bits per heavy atom. The highest BCUT2D eigenvalue weighted by molar-refractivity contribution is 7.88. The van der Waals surface area contributed by atoms with E-state index in [0.29, 0.717) is 23.8 Å². The van der Waals surface area contributed by atoms with Crippen molar-refractivity contribution >= 4 is 11.4 Å². The van der Waals surface area contributed by atoms with Gasteiger partial charge in [0.25, 0.3) is 0 Å². The molecule has 0 heterocycles. The van der Waals surface area contributed by atoms with E-state index < -0.39 is 11.4 Å². The van der Waals surface area contributed by atoms with Crippen molar-refractivity contribution in [2.45, 2.75) is 25.8 Å². The second-order valence-corrected chi connectivity index (χ2v) is 5.88. The molecule has 1 fully saturated rings. The van der Waals surface area contributed by atoms with Gasteiger partial charge in [-0.15, -0.1) is 4.72 Å². The maximum absolute atomic E-state index is 13.7. The second kappa shape index (κ2) is 5.91. The highest BCUT2D eigenvalue weighted by Gasteiger charge is 2.22. The Morgan fingerprint density at radius 1 is 1.56 bits per heavy atom. The Hall–Kier alpha value is -0.780. The molecule has 18 heavy (non-hydrogen) atoms. The third-order valence-corrected chi connectivity index (χ3v) is 3.64. The third kappa shape index (κ3) is 3.86. The lowest BCUT2D eigenvalue weighted by molar-refractivity contribution is 0.298. The molecule has 0 amide bonds. The summed E-state index contributed by atoms with van der Waals surface area (Å²) < 4.78 is 33.2. The van der Waals surface area contributed by atoms with Gasteiger partial charge >= 0.3 is 0 Å². The lowest BCUT2D eigenvalue weighted by Gasteiger charge is -2.16. The average molecular weight is 271 g/mol. The standard InChI is InChI=1S/C13H18FNO2S/c1-9(15-18(2)16)12-7-11(5-6-13(12)14)17-8-10-3-4-10/h5-7,9-10,15H,3-4,8H2,1-2H3/t9-,18?/m0/s1. The molecule has 0 saturated heterocycles. The summed E-state index contributed by atoms with van der Waals surface area (Å²) in [7, 11) is 0. The molecule has 100 valence electrons. The van der Waals surface area contributed by atoms with Gasteiger partial charge in [-0.2, -0.15) is 0 Å². The van der Waals surface area contributed by atoms with Crippen molar-refractivity contribution in [1.82, 2.24) is 4.72 Å². The van der Waals surface area contributed by atoms with Crippen molar-refractivity contribution in [3.8, 4) is 5.75 Å². The van der Waals surface area contributed by atoms with Crippen LogP contribution in [0.1, 0.15) is 31.4 Å². The Bertz CT molecular complexity index is 410. The van der Waals surface area contributed by atoms with Gasteiger partial charge in [-0.1, -0.05) is 0 Å². The highest BCUT2D eigenvalue weighted by Crippen LogP contribution is 2.30. The molecule has 1 aromatic carbocycles. The lowest BCUT2D eigenvalue weighted by atomic mass is 10.1. The molecule has 3 nitrogen and oxygen atoms in total. The predicted molar refractivity (Wildman–Crippen MR) is 70.2 cm³/mol. The zero-order valence-electron chi connectivity index (χ0n) is 10.6. The second-order valence-electron chi connectivity index (χ2n) is 4.73. The normalized spacial score (nSPS) is 18.4. The van der Waals surface area contributed by atoms with Crippen LogP contribution >= 0.6 is 0 Å². The minimum Gasteiger partial charge on any atom is -0.598 e. The smallest absolute Gasteiger partial charge is 0.128 e. The molecule has 1 unspecified atom stereocenters. The van der Waals surface area contributed by atoms with Gasteiger partial charge in [0.1, 0.15) is 17.8 Å². The number of hydrogen-bond acceptors (Lipinski definition) is 3. The van der Waals surface area contributed by atoms with Crippen molar-refractivity contribution < 1.29 is 13.7 Å². The van der Waals surface area contributed by atoms with Crippen LogP contribution in [0.15, 0.2) is 18.2 Å². The van der Waals surface area contributed by atoms with Crippen LogP contribution in [0.4, 0.5) is 4.39 Å². The molecule has 2 rings (SSSR count). The molecule has 1 aromatic rings. The Kier molecular flexibility index (Phi) is 4.48. The summed E-state index contributed by atoms with van der Waals surface area (Å²) in [5.41, 5.74) is 0.485. The first-order valence-corrected chi connectivity index (χ1v) is 7.64. The topological polar surface area (TPSA) is 44.3 Å². The van der Waals surface area contributed by atoms with Crippen LogP contribution in [0.5, 0.6) is 5.75 Å². The first kappa shape index (κ1) is 13.6. The fraction of sp³-hybridized carbons (Fsp3) is 0.538. The summed E-state index contributed by atoms with van der Waals surface area (Å²) in [6, 6.07) is 4.41. The Labute approximate surface area is 110 Å². The summed E-state index contributed by atoms with van der Waals surface area (Å²) in [5, 5.41) is 0. The van der Waals surface area contributed by atoms with Crippen LogP contribution in [0.25, 0.3) is 0 Å². The van der Waals surface area contributed by atoms with Crippen LogP contribution in [0.2, 0.25) is 0 Å². The van der Waals surface area contributed by atoms with E-state index in [9.17, 15) is 8.94 Å². The van der Waals surface area contributed by atoms with E-state index in [1.54, 1.807) is 19.1 Å². The Balaban J connectivity index is 2.04. The number of hydrogen-bond donors (Lipinski definition) is 1. The van der Waals surface area contributed by atoms with Crippen molar-refractivity contribution in [2.24, 2.45) is 5.92 Å². The van der Waals surface area contributed by atoms with Gasteiger partial charge in [-0.25, -0.2) is 4.39 Å². The van der Waals surface area contributed by atoms with E-state index in [4.69, 9.17) is 4.74 Å². The molecule has 5 heteroatoms. The Morgan fingerprint density at radius 2 is 2.28 bits per heavy atom. The van der Waals surface area contributed by atoms with Crippen molar-refractivity contribution in [3.05, 3.63) is 29.6 Å².